The summed E-state index contributed by atoms with van der Waals surface area (Å²) in [5, 5.41) is 47.1. The summed E-state index contributed by atoms with van der Waals surface area (Å²) in [6.45, 7) is -1.33. The van der Waals surface area contributed by atoms with Crippen LogP contribution in [-0.2, 0) is 34.1 Å². The third-order valence-corrected chi connectivity index (χ3v) is 10.0. The number of aromatic nitrogens is 2. The standard InChI is InChI=1S/C35H38N4O16P2/c40-28-26(18-52-56(46,47)48)54-34(30(28)42)38-13-1-3-22(16-38)32(44)36-24-9-5-20(6-10-24)15-21-7-11-25(12-8-21)37-33(45)23-4-2-14-39(17-23)35-31(43)29(41)27(55-35)19-53-57(49,50)51/h1-14,16-17,26-31,34-35,40-43H,15,18-19H2,(H4-2,36,37,44,45,46,47,48,49,50,51)/p+2/t26-,27-,28-,29-,30-,31-,34-,35-/m1/s1. The molecule has 4 heterocycles. The Balaban J connectivity index is 1.01. The van der Waals surface area contributed by atoms with E-state index in [1.807, 2.05) is 24.3 Å². The summed E-state index contributed by atoms with van der Waals surface area (Å²) < 4.78 is 44.8. The molecule has 2 aromatic carbocycles. The molecule has 6 rings (SSSR count). The highest BCUT2D eigenvalue weighted by molar-refractivity contribution is 7.46. The van der Waals surface area contributed by atoms with Gasteiger partial charge in [-0.1, -0.05) is 24.3 Å². The Morgan fingerprint density at radius 2 is 0.965 bits per heavy atom. The van der Waals surface area contributed by atoms with Crippen LogP contribution in [-0.4, -0.2) is 102 Å². The minimum Gasteiger partial charge on any atom is -0.387 e. The third kappa shape index (κ3) is 11.0. The number of hydrogen-bond donors (Lipinski definition) is 10. The van der Waals surface area contributed by atoms with E-state index in [-0.39, 0.29) is 11.1 Å². The van der Waals surface area contributed by atoms with Gasteiger partial charge in [-0.15, -0.1) is 0 Å². The van der Waals surface area contributed by atoms with Gasteiger partial charge in [-0.2, -0.15) is 9.13 Å². The fraction of sp³-hybridized carbons (Fsp3) is 0.314. The summed E-state index contributed by atoms with van der Waals surface area (Å²) in [5.74, 6) is -0.949. The van der Waals surface area contributed by atoms with Gasteiger partial charge in [-0.25, -0.2) is 9.13 Å². The van der Waals surface area contributed by atoms with Crippen molar-refractivity contribution in [3.63, 3.8) is 0 Å². The maximum atomic E-state index is 13.1. The van der Waals surface area contributed by atoms with Crippen LogP contribution in [0.15, 0.2) is 97.6 Å². The fourth-order valence-corrected chi connectivity index (χ4v) is 6.87. The molecule has 2 aromatic heterocycles. The molecule has 22 heteroatoms. The SMILES string of the molecule is O=C(Nc1ccc(Cc2ccc(NC(=O)c3ccc[n+]([C@@H]4O[C@H](COP(=O)(O)O)[C@@H](O)[C@H]4O)c3)cc2)cc1)c1ccc[n+]([C@@H]2O[C@H](COP(=O)(O)O)[C@@H](O)[C@H]2O)c1. The number of nitrogens with zero attached hydrogens (tertiary/aromatic N) is 2. The summed E-state index contributed by atoms with van der Waals surface area (Å²) in [6, 6.07) is 20.4. The van der Waals surface area contributed by atoms with E-state index in [1.165, 1.54) is 58.2 Å². The number of carbonyl (C=O) groups excluding carboxylic acids is 2. The van der Waals surface area contributed by atoms with E-state index < -0.39 is 89.8 Å². The van der Waals surface area contributed by atoms with E-state index in [4.69, 9.17) is 29.0 Å². The van der Waals surface area contributed by atoms with Crippen LogP contribution in [0.2, 0.25) is 0 Å². The van der Waals surface area contributed by atoms with Gasteiger partial charge in [0.25, 0.3) is 24.3 Å². The number of aliphatic hydroxyl groups excluding tert-OH is 4. The summed E-state index contributed by atoms with van der Waals surface area (Å²) in [6.07, 6.45) is -4.40. The molecule has 2 saturated heterocycles. The van der Waals surface area contributed by atoms with Crippen molar-refractivity contribution in [2.24, 2.45) is 0 Å². The molecule has 0 radical (unpaired) electrons. The van der Waals surface area contributed by atoms with Gasteiger partial charge >= 0.3 is 15.6 Å². The average molecular weight is 835 g/mol. The molecule has 0 saturated carbocycles. The van der Waals surface area contributed by atoms with Gasteiger partial charge in [0, 0.05) is 23.5 Å². The van der Waals surface area contributed by atoms with Crippen LogP contribution < -0.4 is 19.8 Å². The Labute approximate surface area is 324 Å². The second-order valence-electron chi connectivity index (χ2n) is 13.2. The van der Waals surface area contributed by atoms with Gasteiger partial charge < -0.3 is 60.1 Å². The lowest BCUT2D eigenvalue weighted by atomic mass is 10.0. The topological polar surface area (TPSA) is 299 Å². The lowest BCUT2D eigenvalue weighted by Gasteiger charge is -2.13. The van der Waals surface area contributed by atoms with Gasteiger partial charge in [0.2, 0.25) is 0 Å². The largest absolute Gasteiger partial charge is 0.469 e. The predicted molar refractivity (Wildman–Crippen MR) is 193 cm³/mol. The van der Waals surface area contributed by atoms with Crippen LogP contribution in [0.1, 0.15) is 44.3 Å². The maximum Gasteiger partial charge on any atom is 0.469 e. The Morgan fingerprint density at radius 3 is 1.32 bits per heavy atom. The molecular weight excluding hydrogens is 794 g/mol. The summed E-state index contributed by atoms with van der Waals surface area (Å²) in [4.78, 5) is 61.9. The predicted octanol–water partition coefficient (Wildman–Crippen LogP) is -0.186. The molecule has 0 aliphatic carbocycles. The van der Waals surface area contributed by atoms with Gasteiger partial charge in [0.05, 0.1) is 13.2 Å². The first-order chi connectivity index (χ1) is 26.9. The number of pyridine rings is 2. The van der Waals surface area contributed by atoms with E-state index in [0.29, 0.717) is 17.8 Å². The highest BCUT2D eigenvalue weighted by Gasteiger charge is 2.50. The van der Waals surface area contributed by atoms with Gasteiger partial charge in [-0.3, -0.25) is 18.6 Å². The van der Waals surface area contributed by atoms with Crippen molar-refractivity contribution < 1.29 is 86.4 Å². The normalized spacial score (nSPS) is 25.0. The average Bonchev–Trinajstić information content (AvgIpc) is 3.63. The van der Waals surface area contributed by atoms with Crippen LogP contribution in [0.3, 0.4) is 0 Å². The minimum absolute atomic E-state index is 0.198. The lowest BCUT2D eigenvalue weighted by Crippen LogP contribution is -2.46. The summed E-state index contributed by atoms with van der Waals surface area (Å²) >= 11 is 0. The number of phosphoric ester groups is 2. The smallest absolute Gasteiger partial charge is 0.387 e. The van der Waals surface area contributed by atoms with E-state index >= 15 is 0 Å². The molecule has 2 aliphatic rings. The molecule has 2 amide bonds. The molecule has 0 spiro atoms. The van der Waals surface area contributed by atoms with E-state index in [0.717, 1.165) is 11.1 Å². The number of rotatable bonds is 14. The van der Waals surface area contributed by atoms with Crippen molar-refractivity contribution in [3.05, 3.63) is 120 Å². The van der Waals surface area contributed by atoms with Gasteiger partial charge in [-0.05, 0) is 53.9 Å². The van der Waals surface area contributed by atoms with Crippen molar-refractivity contribution in [2.45, 2.75) is 55.5 Å². The van der Waals surface area contributed by atoms with E-state index in [2.05, 4.69) is 19.7 Å². The van der Waals surface area contributed by atoms with Crippen molar-refractivity contribution in [3.8, 4) is 0 Å². The zero-order valence-electron chi connectivity index (χ0n) is 29.6. The van der Waals surface area contributed by atoms with Crippen LogP contribution in [0.25, 0.3) is 0 Å². The molecule has 4 aromatic rings. The second kappa shape index (κ2) is 17.7. The minimum atomic E-state index is -4.83. The molecule has 2 aliphatic heterocycles. The highest BCUT2D eigenvalue weighted by Crippen LogP contribution is 2.39. The number of aliphatic hydroxyl groups is 4. The molecule has 304 valence electrons. The molecule has 0 unspecified atom stereocenters. The van der Waals surface area contributed by atoms with Crippen LogP contribution in [0, 0.1) is 0 Å². The first-order valence-electron chi connectivity index (χ1n) is 17.2. The number of ether oxygens (including phenoxy) is 2. The number of carbonyl (C=O) groups is 2. The molecule has 20 nitrogen and oxygen atoms in total. The monoisotopic (exact) mass is 834 g/mol. The van der Waals surface area contributed by atoms with E-state index in [1.54, 1.807) is 24.3 Å². The summed E-state index contributed by atoms with van der Waals surface area (Å²) in [7, 11) is -9.66. The quantitative estimate of drug-likeness (QED) is 0.0582. The maximum absolute atomic E-state index is 13.1. The molecule has 57 heavy (non-hydrogen) atoms. The Kier molecular flexibility index (Phi) is 13.1. The Bertz CT molecular complexity index is 2000. The van der Waals surface area contributed by atoms with Gasteiger partial charge in [0.1, 0.15) is 35.5 Å². The number of nitrogens with one attached hydrogen (secondary N) is 2. The fourth-order valence-electron chi connectivity index (χ4n) is 6.19. The highest BCUT2D eigenvalue weighted by atomic mass is 31.2. The van der Waals surface area contributed by atoms with Crippen LogP contribution in [0.5, 0.6) is 0 Å². The Morgan fingerprint density at radius 1 is 0.596 bits per heavy atom. The van der Waals surface area contributed by atoms with Crippen molar-refractivity contribution in [1.82, 2.24) is 0 Å². The molecular formula is C35H40N4O16P2+2. The molecule has 10 N–H and O–H groups in total. The molecule has 8 atom stereocenters. The number of amides is 2. The van der Waals surface area contributed by atoms with Crippen LogP contribution in [0.4, 0.5) is 11.4 Å². The number of benzene rings is 2. The number of hydrogen-bond acceptors (Lipinski definition) is 12. The number of phosphoric acid groups is 2. The zero-order valence-corrected chi connectivity index (χ0v) is 31.4. The van der Waals surface area contributed by atoms with E-state index in [9.17, 15) is 39.1 Å². The zero-order chi connectivity index (χ0) is 41.1. The molecule has 0 bridgehead atoms. The molecule has 2 fully saturated rings. The Hall–Kier alpha value is -4.34. The van der Waals surface area contributed by atoms with Crippen molar-refractivity contribution >= 4 is 38.8 Å². The first kappa shape index (κ1) is 42.3. The van der Waals surface area contributed by atoms with Gasteiger partial charge in [0.15, 0.2) is 37.0 Å². The lowest BCUT2D eigenvalue weighted by molar-refractivity contribution is -0.766. The second-order valence-corrected chi connectivity index (χ2v) is 15.7. The first-order valence-corrected chi connectivity index (χ1v) is 20.3. The third-order valence-electron chi connectivity index (χ3n) is 9.08. The van der Waals surface area contributed by atoms with Crippen molar-refractivity contribution in [1.29, 1.82) is 0 Å². The number of anilines is 2. The van der Waals surface area contributed by atoms with Crippen LogP contribution >= 0.6 is 15.6 Å². The summed E-state index contributed by atoms with van der Waals surface area (Å²) in [5.41, 5.74) is 3.25. The van der Waals surface area contributed by atoms with Crippen molar-refractivity contribution in [2.75, 3.05) is 23.8 Å².